The van der Waals surface area contributed by atoms with Crippen LogP contribution in [0.5, 0.6) is 0 Å². The van der Waals surface area contributed by atoms with E-state index in [9.17, 15) is 13.2 Å². The molecule has 1 aromatic heterocycles. The van der Waals surface area contributed by atoms with E-state index >= 15 is 0 Å². The minimum absolute atomic E-state index is 0.0255. The molecular weight excluding hydrogens is 312 g/mol. The fraction of sp³-hybridized carbons (Fsp3) is 0.615. The second-order valence-electron chi connectivity index (χ2n) is 5.37. The van der Waals surface area contributed by atoms with Gasteiger partial charge in [-0.15, -0.1) is 11.3 Å². The van der Waals surface area contributed by atoms with Gasteiger partial charge < -0.3 is 9.64 Å². The Labute approximate surface area is 128 Å². The van der Waals surface area contributed by atoms with E-state index in [2.05, 4.69) is 0 Å². The molecule has 0 spiro atoms. The van der Waals surface area contributed by atoms with Crippen molar-refractivity contribution in [3.8, 4) is 0 Å². The summed E-state index contributed by atoms with van der Waals surface area (Å²) in [7, 11) is -3.28. The Kier molecular flexibility index (Phi) is 4.04. The third kappa shape index (κ3) is 2.98. The molecule has 2 aliphatic heterocycles. The Hall–Kier alpha value is -0.960. The molecule has 116 valence electrons. The van der Waals surface area contributed by atoms with Crippen molar-refractivity contribution < 1.29 is 17.9 Å². The number of fused-ring (bicyclic) bond motifs is 1. The van der Waals surface area contributed by atoms with Gasteiger partial charge in [0.1, 0.15) is 0 Å². The molecule has 6 nitrogen and oxygen atoms in total. The highest BCUT2D eigenvalue weighted by molar-refractivity contribution is 7.88. The quantitative estimate of drug-likeness (QED) is 0.797. The van der Waals surface area contributed by atoms with Crippen molar-refractivity contribution >= 4 is 27.3 Å². The van der Waals surface area contributed by atoms with E-state index < -0.39 is 10.0 Å². The predicted molar refractivity (Wildman–Crippen MR) is 79.9 cm³/mol. The van der Waals surface area contributed by atoms with Crippen molar-refractivity contribution in [2.24, 2.45) is 0 Å². The van der Waals surface area contributed by atoms with Crippen molar-refractivity contribution in [3.05, 3.63) is 22.4 Å². The molecule has 0 aromatic carbocycles. The maximum absolute atomic E-state index is 12.4. The molecule has 0 radical (unpaired) electrons. The molecule has 2 atom stereocenters. The van der Waals surface area contributed by atoms with Crippen LogP contribution in [0.2, 0.25) is 0 Å². The van der Waals surface area contributed by atoms with Crippen LogP contribution < -0.4 is 0 Å². The maximum atomic E-state index is 12.4. The van der Waals surface area contributed by atoms with Gasteiger partial charge in [-0.25, -0.2) is 8.42 Å². The lowest BCUT2D eigenvalue weighted by Crippen LogP contribution is -2.61. The number of thiophene rings is 1. The lowest BCUT2D eigenvalue weighted by Gasteiger charge is -2.45. The SMILES string of the molecule is CS(=O)(=O)N1CCO[C@H]2CCN(C(=O)c3cccs3)C[C@H]21. The van der Waals surface area contributed by atoms with Gasteiger partial charge in [0.15, 0.2) is 0 Å². The molecule has 1 amide bonds. The zero-order chi connectivity index (χ0) is 15.0. The predicted octanol–water partition coefficient (Wildman–Crippen LogP) is 0.623. The Bertz CT molecular complexity index is 614. The van der Waals surface area contributed by atoms with Gasteiger partial charge in [0.2, 0.25) is 10.0 Å². The summed E-state index contributed by atoms with van der Waals surface area (Å²) in [5.74, 6) is -0.0255. The molecule has 8 heteroatoms. The fourth-order valence-electron chi connectivity index (χ4n) is 2.99. The van der Waals surface area contributed by atoms with E-state index in [-0.39, 0.29) is 18.1 Å². The van der Waals surface area contributed by atoms with Crippen LogP contribution in [0.15, 0.2) is 17.5 Å². The summed E-state index contributed by atoms with van der Waals surface area (Å²) < 4.78 is 31.0. The molecule has 0 saturated carbocycles. The highest BCUT2D eigenvalue weighted by atomic mass is 32.2. The summed E-state index contributed by atoms with van der Waals surface area (Å²) in [5.41, 5.74) is 0. The molecule has 0 unspecified atom stereocenters. The third-order valence-electron chi connectivity index (χ3n) is 3.98. The Morgan fingerprint density at radius 2 is 2.24 bits per heavy atom. The molecule has 0 aliphatic carbocycles. The first-order chi connectivity index (χ1) is 9.97. The van der Waals surface area contributed by atoms with E-state index in [0.717, 1.165) is 0 Å². The van der Waals surface area contributed by atoms with Crippen molar-refractivity contribution in [2.45, 2.75) is 18.6 Å². The van der Waals surface area contributed by atoms with E-state index in [1.165, 1.54) is 21.9 Å². The molecule has 1 aromatic rings. The molecule has 2 fully saturated rings. The van der Waals surface area contributed by atoms with Crippen LogP contribution in [-0.4, -0.2) is 68.2 Å². The number of piperidine rings is 1. The van der Waals surface area contributed by atoms with Crippen molar-refractivity contribution in [2.75, 3.05) is 32.5 Å². The van der Waals surface area contributed by atoms with Gasteiger partial charge in [0.05, 0.1) is 29.9 Å². The van der Waals surface area contributed by atoms with E-state index in [4.69, 9.17) is 4.74 Å². The van der Waals surface area contributed by atoms with Crippen LogP contribution in [0.4, 0.5) is 0 Å². The monoisotopic (exact) mass is 330 g/mol. The first kappa shape index (κ1) is 15.0. The van der Waals surface area contributed by atoms with Crippen LogP contribution in [0.3, 0.4) is 0 Å². The second kappa shape index (κ2) is 5.68. The van der Waals surface area contributed by atoms with Gasteiger partial charge >= 0.3 is 0 Å². The average molecular weight is 330 g/mol. The molecule has 0 N–H and O–H groups in total. The Morgan fingerprint density at radius 1 is 1.43 bits per heavy atom. The number of likely N-dealkylation sites (tertiary alicyclic amines) is 1. The van der Waals surface area contributed by atoms with Gasteiger partial charge in [-0.05, 0) is 17.9 Å². The number of carbonyl (C=O) groups is 1. The molecule has 2 saturated heterocycles. The maximum Gasteiger partial charge on any atom is 0.263 e. The number of rotatable bonds is 2. The van der Waals surface area contributed by atoms with Gasteiger partial charge in [-0.2, -0.15) is 4.31 Å². The summed E-state index contributed by atoms with van der Waals surface area (Å²) >= 11 is 1.41. The van der Waals surface area contributed by atoms with Crippen LogP contribution in [-0.2, 0) is 14.8 Å². The third-order valence-corrected chi connectivity index (χ3v) is 6.14. The number of hydrogen-bond acceptors (Lipinski definition) is 5. The summed E-state index contributed by atoms with van der Waals surface area (Å²) in [6, 6.07) is 3.37. The molecule has 3 heterocycles. The molecule has 2 aliphatic rings. The van der Waals surface area contributed by atoms with E-state index in [1.807, 2.05) is 11.4 Å². The number of hydrogen-bond donors (Lipinski definition) is 0. The minimum Gasteiger partial charge on any atom is -0.375 e. The van der Waals surface area contributed by atoms with Crippen molar-refractivity contribution in [3.63, 3.8) is 0 Å². The smallest absolute Gasteiger partial charge is 0.263 e. The zero-order valence-corrected chi connectivity index (χ0v) is 13.4. The second-order valence-corrected chi connectivity index (χ2v) is 8.25. The first-order valence-corrected chi connectivity index (χ1v) is 9.61. The highest BCUT2D eigenvalue weighted by Gasteiger charge is 2.42. The first-order valence-electron chi connectivity index (χ1n) is 6.88. The molecule has 0 bridgehead atoms. The number of ether oxygens (including phenoxy) is 1. The lowest BCUT2D eigenvalue weighted by atomic mass is 10.0. The number of amides is 1. The summed E-state index contributed by atoms with van der Waals surface area (Å²) in [6.07, 6.45) is 1.78. The fourth-order valence-corrected chi connectivity index (χ4v) is 4.78. The molecular formula is C13H18N2O4S2. The van der Waals surface area contributed by atoms with Crippen LogP contribution in [0.25, 0.3) is 0 Å². The number of carbonyl (C=O) groups excluding carboxylic acids is 1. The Morgan fingerprint density at radius 3 is 2.90 bits per heavy atom. The van der Waals surface area contributed by atoms with Gasteiger partial charge in [0, 0.05) is 19.6 Å². The summed E-state index contributed by atoms with van der Waals surface area (Å²) in [4.78, 5) is 14.8. The van der Waals surface area contributed by atoms with E-state index in [1.54, 1.807) is 11.0 Å². The van der Waals surface area contributed by atoms with Gasteiger partial charge in [-0.1, -0.05) is 6.07 Å². The topological polar surface area (TPSA) is 66.9 Å². The van der Waals surface area contributed by atoms with Gasteiger partial charge in [0.25, 0.3) is 5.91 Å². The minimum atomic E-state index is -3.28. The van der Waals surface area contributed by atoms with Crippen LogP contribution in [0.1, 0.15) is 16.1 Å². The zero-order valence-electron chi connectivity index (χ0n) is 11.8. The largest absolute Gasteiger partial charge is 0.375 e. The van der Waals surface area contributed by atoms with Crippen molar-refractivity contribution in [1.29, 1.82) is 0 Å². The van der Waals surface area contributed by atoms with Crippen molar-refractivity contribution in [1.82, 2.24) is 9.21 Å². The number of nitrogens with zero attached hydrogens (tertiary/aromatic N) is 2. The number of morpholine rings is 1. The average Bonchev–Trinajstić information content (AvgIpc) is 2.98. The summed E-state index contributed by atoms with van der Waals surface area (Å²) in [6.45, 7) is 1.79. The Balaban J connectivity index is 1.79. The lowest BCUT2D eigenvalue weighted by molar-refractivity contribution is -0.0703. The van der Waals surface area contributed by atoms with Gasteiger partial charge in [-0.3, -0.25) is 4.79 Å². The highest BCUT2D eigenvalue weighted by Crippen LogP contribution is 2.26. The standard InChI is InChI=1S/C13H18N2O4S2/c1-21(17,18)15-6-7-19-11-4-5-14(9-10(11)15)13(16)12-3-2-8-20-12/h2-3,8,10-11H,4-7,9H2,1H3/t10-,11+/m1/s1. The van der Waals surface area contributed by atoms with Crippen LogP contribution >= 0.6 is 11.3 Å². The molecule has 21 heavy (non-hydrogen) atoms. The number of sulfonamides is 1. The summed E-state index contributed by atoms with van der Waals surface area (Å²) in [5, 5.41) is 1.87. The van der Waals surface area contributed by atoms with E-state index in [0.29, 0.717) is 37.5 Å². The van der Waals surface area contributed by atoms with Crippen LogP contribution in [0, 0.1) is 0 Å². The normalized spacial score (nSPS) is 27.4. The molecule has 3 rings (SSSR count).